The van der Waals surface area contributed by atoms with Gasteiger partial charge in [-0.1, -0.05) is 0 Å². The zero-order valence-corrected chi connectivity index (χ0v) is 13.5. The van der Waals surface area contributed by atoms with Crippen LogP contribution in [-0.4, -0.2) is 32.0 Å². The van der Waals surface area contributed by atoms with Crippen LogP contribution in [-0.2, 0) is 21.4 Å². The molecule has 7 heteroatoms. The first-order valence-electron chi connectivity index (χ1n) is 7.57. The summed E-state index contributed by atoms with van der Waals surface area (Å²) in [6.07, 6.45) is 5.17. The molecule has 1 aliphatic heterocycles. The minimum atomic E-state index is -3.53. The van der Waals surface area contributed by atoms with Gasteiger partial charge in [0, 0.05) is 44.1 Å². The maximum absolute atomic E-state index is 12.3. The van der Waals surface area contributed by atoms with Gasteiger partial charge in [0.05, 0.1) is 4.90 Å². The van der Waals surface area contributed by atoms with E-state index in [0.717, 1.165) is 12.1 Å². The molecule has 0 unspecified atom stereocenters. The van der Waals surface area contributed by atoms with Gasteiger partial charge in [0.2, 0.25) is 15.9 Å². The standard InChI is InChI=1S/C16H19N3O3S/c20-16-4-3-12-19(16)14-5-7-15(8-6-14)23(21,22)17-9-13-18-10-1-2-11-18/h1-2,5-8,10-11,17H,3-4,9,12-13H2. The minimum Gasteiger partial charge on any atom is -0.353 e. The van der Waals surface area contributed by atoms with Crippen molar-refractivity contribution in [1.82, 2.24) is 9.29 Å². The molecule has 1 aliphatic rings. The van der Waals surface area contributed by atoms with E-state index in [4.69, 9.17) is 0 Å². The Balaban J connectivity index is 1.64. The van der Waals surface area contributed by atoms with E-state index in [2.05, 4.69) is 4.72 Å². The molecule has 1 N–H and O–H groups in total. The molecular weight excluding hydrogens is 314 g/mol. The van der Waals surface area contributed by atoms with Crippen LogP contribution in [0.4, 0.5) is 5.69 Å². The van der Waals surface area contributed by atoms with Crippen molar-refractivity contribution in [2.24, 2.45) is 0 Å². The summed E-state index contributed by atoms with van der Waals surface area (Å²) in [5, 5.41) is 0. The van der Waals surface area contributed by atoms with Gasteiger partial charge in [-0.15, -0.1) is 0 Å². The Hall–Kier alpha value is -2.12. The fourth-order valence-electron chi connectivity index (χ4n) is 2.64. The number of nitrogens with zero attached hydrogens (tertiary/aromatic N) is 2. The van der Waals surface area contributed by atoms with Crippen molar-refractivity contribution in [2.45, 2.75) is 24.3 Å². The van der Waals surface area contributed by atoms with E-state index in [0.29, 0.717) is 26.1 Å². The number of sulfonamides is 1. The minimum absolute atomic E-state index is 0.0884. The zero-order valence-electron chi connectivity index (χ0n) is 12.7. The van der Waals surface area contributed by atoms with Gasteiger partial charge >= 0.3 is 0 Å². The summed E-state index contributed by atoms with van der Waals surface area (Å²) in [7, 11) is -3.53. The Morgan fingerprint density at radius 1 is 1.09 bits per heavy atom. The molecule has 0 atom stereocenters. The molecule has 1 fully saturated rings. The maximum Gasteiger partial charge on any atom is 0.240 e. The Labute approximate surface area is 135 Å². The number of aromatic nitrogens is 1. The van der Waals surface area contributed by atoms with Crippen molar-refractivity contribution in [2.75, 3.05) is 18.0 Å². The lowest BCUT2D eigenvalue weighted by Crippen LogP contribution is -2.27. The van der Waals surface area contributed by atoms with Crippen molar-refractivity contribution in [3.8, 4) is 0 Å². The summed E-state index contributed by atoms with van der Waals surface area (Å²) >= 11 is 0. The predicted molar refractivity (Wildman–Crippen MR) is 87.6 cm³/mol. The summed E-state index contributed by atoms with van der Waals surface area (Å²) < 4.78 is 29.0. The maximum atomic E-state index is 12.3. The average Bonchev–Trinajstić information content (AvgIpc) is 3.19. The number of anilines is 1. The highest BCUT2D eigenvalue weighted by molar-refractivity contribution is 7.89. The van der Waals surface area contributed by atoms with Gasteiger partial charge in [-0.05, 0) is 42.8 Å². The van der Waals surface area contributed by atoms with Crippen LogP contribution in [0.3, 0.4) is 0 Å². The fourth-order valence-corrected chi connectivity index (χ4v) is 3.66. The summed E-state index contributed by atoms with van der Waals surface area (Å²) in [4.78, 5) is 13.6. The number of carbonyl (C=O) groups excluding carboxylic acids is 1. The lowest BCUT2D eigenvalue weighted by Gasteiger charge is -2.16. The average molecular weight is 333 g/mol. The molecule has 3 rings (SSSR count). The van der Waals surface area contributed by atoms with Gasteiger partial charge in [-0.2, -0.15) is 0 Å². The van der Waals surface area contributed by atoms with Crippen molar-refractivity contribution >= 4 is 21.6 Å². The van der Waals surface area contributed by atoms with E-state index in [1.807, 2.05) is 29.1 Å². The van der Waals surface area contributed by atoms with Crippen LogP contribution < -0.4 is 9.62 Å². The van der Waals surface area contributed by atoms with Crippen molar-refractivity contribution in [3.05, 3.63) is 48.8 Å². The third-order valence-corrected chi connectivity index (χ3v) is 5.34. The van der Waals surface area contributed by atoms with Crippen LogP contribution in [0.25, 0.3) is 0 Å². The molecule has 6 nitrogen and oxygen atoms in total. The number of hydrogen-bond acceptors (Lipinski definition) is 3. The molecule has 1 amide bonds. The van der Waals surface area contributed by atoms with Crippen LogP contribution in [0, 0.1) is 0 Å². The summed E-state index contributed by atoms with van der Waals surface area (Å²) in [6.45, 7) is 1.59. The molecule has 0 aliphatic carbocycles. The zero-order chi connectivity index (χ0) is 16.3. The molecule has 2 heterocycles. The first kappa shape index (κ1) is 15.8. The van der Waals surface area contributed by atoms with Gasteiger partial charge in [0.1, 0.15) is 0 Å². The van der Waals surface area contributed by atoms with Crippen LogP contribution in [0.1, 0.15) is 12.8 Å². The molecule has 23 heavy (non-hydrogen) atoms. The number of hydrogen-bond donors (Lipinski definition) is 1. The van der Waals surface area contributed by atoms with Gasteiger partial charge < -0.3 is 9.47 Å². The molecule has 0 bridgehead atoms. The summed E-state index contributed by atoms with van der Waals surface area (Å²) in [6, 6.07) is 10.2. The van der Waals surface area contributed by atoms with Gasteiger partial charge in [-0.3, -0.25) is 4.79 Å². The van der Waals surface area contributed by atoms with Gasteiger partial charge in [0.15, 0.2) is 0 Å². The van der Waals surface area contributed by atoms with Gasteiger partial charge in [0.25, 0.3) is 0 Å². The number of carbonyl (C=O) groups is 1. The Morgan fingerprint density at radius 3 is 2.39 bits per heavy atom. The van der Waals surface area contributed by atoms with E-state index >= 15 is 0 Å². The van der Waals surface area contributed by atoms with Crippen LogP contribution in [0.2, 0.25) is 0 Å². The second kappa shape index (κ2) is 6.55. The molecule has 1 saturated heterocycles. The van der Waals surface area contributed by atoms with Crippen LogP contribution in [0.15, 0.2) is 53.7 Å². The molecule has 1 aromatic heterocycles. The second-order valence-corrected chi connectivity index (χ2v) is 7.23. The number of rotatable bonds is 6. The molecule has 0 saturated carbocycles. The van der Waals surface area contributed by atoms with Gasteiger partial charge in [-0.25, -0.2) is 13.1 Å². The fraction of sp³-hybridized carbons (Fsp3) is 0.312. The lowest BCUT2D eigenvalue weighted by molar-refractivity contribution is -0.117. The van der Waals surface area contributed by atoms with E-state index in [1.165, 1.54) is 0 Å². The molecule has 2 aromatic rings. The molecule has 0 radical (unpaired) electrons. The first-order chi connectivity index (χ1) is 11.1. The normalized spacial score (nSPS) is 15.3. The quantitative estimate of drug-likeness (QED) is 0.873. The highest BCUT2D eigenvalue weighted by atomic mass is 32.2. The smallest absolute Gasteiger partial charge is 0.240 e. The SMILES string of the molecule is O=C1CCCN1c1ccc(S(=O)(=O)NCCn2cccc2)cc1. The largest absolute Gasteiger partial charge is 0.353 e. The van der Waals surface area contributed by atoms with E-state index in [-0.39, 0.29) is 10.8 Å². The summed E-state index contributed by atoms with van der Waals surface area (Å²) in [5.74, 6) is 0.0884. The van der Waals surface area contributed by atoms with Crippen molar-refractivity contribution in [1.29, 1.82) is 0 Å². The number of benzene rings is 1. The first-order valence-corrected chi connectivity index (χ1v) is 9.05. The van der Waals surface area contributed by atoms with Crippen molar-refractivity contribution in [3.63, 3.8) is 0 Å². The number of nitrogens with one attached hydrogen (secondary N) is 1. The van der Waals surface area contributed by atoms with E-state index < -0.39 is 10.0 Å². The van der Waals surface area contributed by atoms with Crippen LogP contribution in [0.5, 0.6) is 0 Å². The lowest BCUT2D eigenvalue weighted by atomic mass is 10.3. The molecule has 122 valence electrons. The molecular formula is C16H19N3O3S. The van der Waals surface area contributed by atoms with Crippen LogP contribution >= 0.6 is 0 Å². The molecule has 0 spiro atoms. The summed E-state index contributed by atoms with van der Waals surface area (Å²) in [5.41, 5.74) is 0.749. The third-order valence-electron chi connectivity index (χ3n) is 3.86. The van der Waals surface area contributed by atoms with E-state index in [1.54, 1.807) is 29.2 Å². The van der Waals surface area contributed by atoms with E-state index in [9.17, 15) is 13.2 Å². The highest BCUT2D eigenvalue weighted by Crippen LogP contribution is 2.22. The Bertz CT molecular complexity index is 767. The topological polar surface area (TPSA) is 71.4 Å². The Morgan fingerprint density at radius 2 is 1.78 bits per heavy atom. The highest BCUT2D eigenvalue weighted by Gasteiger charge is 2.22. The predicted octanol–water partition coefficient (Wildman–Crippen LogP) is 1.59. The third kappa shape index (κ3) is 3.62. The number of amides is 1. The monoisotopic (exact) mass is 333 g/mol. The Kier molecular flexibility index (Phi) is 4.49. The van der Waals surface area contributed by atoms with Crippen molar-refractivity contribution < 1.29 is 13.2 Å². The molecule has 1 aromatic carbocycles. The second-order valence-electron chi connectivity index (χ2n) is 5.46.